The first-order chi connectivity index (χ1) is 11.5. The van der Waals surface area contributed by atoms with Gasteiger partial charge in [0.25, 0.3) is 5.56 Å². The minimum absolute atomic E-state index is 0.105. The average molecular weight is 328 g/mol. The third-order valence-corrected chi connectivity index (χ3v) is 3.34. The normalized spacial score (nSPS) is 10.8. The molecule has 124 valence electrons. The van der Waals surface area contributed by atoms with Crippen molar-refractivity contribution in [1.29, 1.82) is 0 Å². The van der Waals surface area contributed by atoms with Gasteiger partial charge in [-0.15, -0.1) is 4.57 Å². The van der Waals surface area contributed by atoms with Crippen LogP contribution in [0.15, 0.2) is 45.7 Å². The number of ether oxygens (including phenoxy) is 2. The highest BCUT2D eigenvalue weighted by atomic mass is 16.6. The third-order valence-electron chi connectivity index (χ3n) is 3.34. The number of hydrogen-bond acceptors (Lipinski definition) is 6. The summed E-state index contributed by atoms with van der Waals surface area (Å²) in [6, 6.07) is 10.3. The minimum atomic E-state index is -0.538. The largest absolute Gasteiger partial charge is 0.482 e. The van der Waals surface area contributed by atoms with E-state index in [1.54, 1.807) is 19.1 Å². The number of nitrogens with zero attached hydrogens (tertiary/aromatic N) is 2. The molecule has 0 bridgehead atoms. The molecular weight excluding hydrogens is 312 g/mol. The van der Waals surface area contributed by atoms with Crippen LogP contribution in [0.1, 0.15) is 17.0 Å². The van der Waals surface area contributed by atoms with Crippen molar-refractivity contribution < 1.29 is 18.8 Å². The summed E-state index contributed by atoms with van der Waals surface area (Å²) in [6.45, 7) is 3.29. The fourth-order valence-corrected chi connectivity index (χ4v) is 2.20. The maximum absolute atomic E-state index is 11.9. The second kappa shape index (κ2) is 6.57. The maximum atomic E-state index is 11.9. The fraction of sp³-hybridized carbons (Fsp3) is 0.235. The molecule has 3 aromatic rings. The van der Waals surface area contributed by atoms with E-state index in [1.807, 2.05) is 25.1 Å². The van der Waals surface area contributed by atoms with Crippen LogP contribution < -0.4 is 10.3 Å². The number of aryl methyl sites for hydroxylation is 2. The van der Waals surface area contributed by atoms with Gasteiger partial charge in [-0.25, -0.2) is 9.78 Å². The predicted octanol–water partition coefficient (Wildman–Crippen LogP) is 2.03. The van der Waals surface area contributed by atoms with Gasteiger partial charge in [-0.05, 0) is 25.5 Å². The standard InChI is InChI=1S/C17H16N2O5/c1-11-5-3-4-6-14(11)22-10-17(21)23-9-13-8-16(20)19-15(18-13)7-12(2)24-19/h3-8H,9-10H2,1-2H3. The molecule has 0 atom stereocenters. The Morgan fingerprint density at radius 2 is 2.04 bits per heavy atom. The molecule has 2 aromatic heterocycles. The zero-order valence-electron chi connectivity index (χ0n) is 13.3. The van der Waals surface area contributed by atoms with Crippen LogP contribution >= 0.6 is 0 Å². The fourth-order valence-electron chi connectivity index (χ4n) is 2.20. The summed E-state index contributed by atoms with van der Waals surface area (Å²) >= 11 is 0. The van der Waals surface area contributed by atoms with Crippen LogP contribution in [0.5, 0.6) is 5.75 Å². The molecule has 0 saturated heterocycles. The SMILES string of the molecule is Cc1cc2nc(COC(=O)COc3ccccc3C)cc(=O)n2o1. The molecule has 7 nitrogen and oxygen atoms in total. The Labute approximate surface area is 137 Å². The van der Waals surface area contributed by atoms with Gasteiger partial charge in [0.15, 0.2) is 12.3 Å². The van der Waals surface area contributed by atoms with E-state index in [-0.39, 0.29) is 18.8 Å². The van der Waals surface area contributed by atoms with E-state index in [0.29, 0.717) is 22.9 Å². The molecule has 0 aliphatic carbocycles. The van der Waals surface area contributed by atoms with E-state index in [0.717, 1.165) is 10.1 Å². The van der Waals surface area contributed by atoms with E-state index in [4.69, 9.17) is 14.0 Å². The zero-order valence-corrected chi connectivity index (χ0v) is 13.3. The van der Waals surface area contributed by atoms with Crippen molar-refractivity contribution in [3.63, 3.8) is 0 Å². The van der Waals surface area contributed by atoms with Crippen LogP contribution in [0.2, 0.25) is 0 Å². The lowest BCUT2D eigenvalue weighted by Gasteiger charge is -2.08. The Bertz CT molecular complexity index is 942. The topological polar surface area (TPSA) is 83.0 Å². The van der Waals surface area contributed by atoms with E-state index in [9.17, 15) is 9.59 Å². The average Bonchev–Trinajstić information content (AvgIpc) is 2.93. The van der Waals surface area contributed by atoms with Crippen molar-refractivity contribution in [1.82, 2.24) is 9.56 Å². The van der Waals surface area contributed by atoms with Crippen molar-refractivity contribution in [2.75, 3.05) is 6.61 Å². The monoisotopic (exact) mass is 328 g/mol. The molecule has 0 radical (unpaired) electrons. The molecule has 24 heavy (non-hydrogen) atoms. The number of aromatic nitrogens is 2. The minimum Gasteiger partial charge on any atom is -0.482 e. The lowest BCUT2D eigenvalue weighted by atomic mass is 10.2. The van der Waals surface area contributed by atoms with Crippen LogP contribution in [-0.4, -0.2) is 22.1 Å². The Hall–Kier alpha value is -3.09. The van der Waals surface area contributed by atoms with Crippen LogP contribution in [0.25, 0.3) is 5.65 Å². The zero-order chi connectivity index (χ0) is 17.1. The Morgan fingerprint density at radius 1 is 1.25 bits per heavy atom. The van der Waals surface area contributed by atoms with Crippen LogP contribution in [0.4, 0.5) is 0 Å². The molecule has 0 saturated carbocycles. The lowest BCUT2D eigenvalue weighted by molar-refractivity contribution is -0.147. The van der Waals surface area contributed by atoms with Gasteiger partial charge in [0, 0.05) is 12.1 Å². The van der Waals surface area contributed by atoms with Gasteiger partial charge >= 0.3 is 5.97 Å². The third kappa shape index (κ3) is 3.45. The number of esters is 1. The van der Waals surface area contributed by atoms with Gasteiger partial charge in [-0.1, -0.05) is 18.2 Å². The van der Waals surface area contributed by atoms with Gasteiger partial charge in [-0.3, -0.25) is 4.79 Å². The highest BCUT2D eigenvalue weighted by molar-refractivity contribution is 5.71. The highest BCUT2D eigenvalue weighted by Crippen LogP contribution is 2.16. The first-order valence-corrected chi connectivity index (χ1v) is 7.36. The molecule has 3 rings (SSSR count). The van der Waals surface area contributed by atoms with Crippen molar-refractivity contribution >= 4 is 11.6 Å². The molecule has 1 aromatic carbocycles. The quantitative estimate of drug-likeness (QED) is 0.666. The summed E-state index contributed by atoms with van der Waals surface area (Å²) in [4.78, 5) is 27.9. The van der Waals surface area contributed by atoms with Gasteiger partial charge < -0.3 is 14.0 Å². The summed E-state index contributed by atoms with van der Waals surface area (Å²) < 4.78 is 16.8. The number of hydrogen-bond donors (Lipinski definition) is 0. The summed E-state index contributed by atoms with van der Waals surface area (Å²) in [5.41, 5.74) is 1.29. The Kier molecular flexibility index (Phi) is 4.33. The Morgan fingerprint density at radius 3 is 2.83 bits per heavy atom. The molecule has 0 spiro atoms. The number of benzene rings is 1. The summed E-state index contributed by atoms with van der Waals surface area (Å²) in [5.74, 6) is 0.658. The molecule has 2 heterocycles. The van der Waals surface area contributed by atoms with Crippen molar-refractivity contribution in [3.05, 3.63) is 63.8 Å². The smallest absolute Gasteiger partial charge is 0.344 e. The molecule has 0 unspecified atom stereocenters. The highest BCUT2D eigenvalue weighted by Gasteiger charge is 2.10. The van der Waals surface area contributed by atoms with Crippen molar-refractivity contribution in [3.8, 4) is 5.75 Å². The first-order valence-electron chi connectivity index (χ1n) is 7.36. The van der Waals surface area contributed by atoms with E-state index in [2.05, 4.69) is 4.98 Å². The van der Waals surface area contributed by atoms with Gasteiger partial charge in [0.1, 0.15) is 18.1 Å². The molecular formula is C17H16N2O5. The molecule has 0 aliphatic heterocycles. The number of fused-ring (bicyclic) bond motifs is 1. The second-order valence-electron chi connectivity index (χ2n) is 5.30. The van der Waals surface area contributed by atoms with Gasteiger partial charge in [0.05, 0.1) is 5.69 Å². The maximum Gasteiger partial charge on any atom is 0.344 e. The lowest BCUT2D eigenvalue weighted by Crippen LogP contribution is -2.18. The molecule has 0 N–H and O–H groups in total. The van der Waals surface area contributed by atoms with E-state index in [1.165, 1.54) is 6.07 Å². The summed E-state index contributed by atoms with van der Waals surface area (Å²) in [5, 5.41) is 0. The van der Waals surface area contributed by atoms with Crippen molar-refractivity contribution in [2.45, 2.75) is 20.5 Å². The molecule has 0 aliphatic rings. The van der Waals surface area contributed by atoms with Gasteiger partial charge in [-0.2, -0.15) is 0 Å². The molecule has 0 amide bonds. The molecule has 0 fully saturated rings. The van der Waals surface area contributed by atoms with E-state index >= 15 is 0 Å². The number of carbonyl (C=O) groups is 1. The molecule has 7 heteroatoms. The Balaban J connectivity index is 1.60. The summed E-state index contributed by atoms with van der Waals surface area (Å²) in [7, 11) is 0. The number of para-hydroxylation sites is 1. The van der Waals surface area contributed by atoms with E-state index < -0.39 is 5.97 Å². The van der Waals surface area contributed by atoms with Crippen molar-refractivity contribution in [2.24, 2.45) is 0 Å². The first kappa shape index (κ1) is 15.8. The van der Waals surface area contributed by atoms with Gasteiger partial charge in [0.2, 0.25) is 0 Å². The number of rotatable bonds is 5. The van der Waals surface area contributed by atoms with Crippen LogP contribution in [-0.2, 0) is 16.1 Å². The predicted molar refractivity (Wildman–Crippen MR) is 84.9 cm³/mol. The van der Waals surface area contributed by atoms with Crippen LogP contribution in [0.3, 0.4) is 0 Å². The van der Waals surface area contributed by atoms with Crippen LogP contribution in [0, 0.1) is 13.8 Å². The second-order valence-corrected chi connectivity index (χ2v) is 5.30. The summed E-state index contributed by atoms with van der Waals surface area (Å²) in [6.07, 6.45) is 0. The number of carbonyl (C=O) groups excluding carboxylic acids is 1.